The molecular weight excluding hydrogens is 434 g/mol. The summed E-state index contributed by atoms with van der Waals surface area (Å²) in [6.45, 7) is 4.82. The van der Waals surface area contributed by atoms with Crippen LogP contribution in [0.2, 0.25) is 0 Å². The van der Waals surface area contributed by atoms with E-state index in [0.29, 0.717) is 17.9 Å². The molecule has 1 saturated carbocycles. The van der Waals surface area contributed by atoms with Crippen LogP contribution in [0.4, 0.5) is 11.4 Å². The van der Waals surface area contributed by atoms with Crippen LogP contribution >= 0.6 is 12.2 Å². The zero-order valence-electron chi connectivity index (χ0n) is 19.4. The second-order valence-electron chi connectivity index (χ2n) is 8.49. The van der Waals surface area contributed by atoms with E-state index in [1.54, 1.807) is 24.3 Å². The van der Waals surface area contributed by atoms with Crippen molar-refractivity contribution in [3.8, 4) is 5.75 Å². The Bertz CT molecular complexity index is 971. The number of carbonyl (C=O) groups is 2. The van der Waals surface area contributed by atoms with Crippen molar-refractivity contribution in [2.45, 2.75) is 58.8 Å². The normalized spacial score (nSPS) is 12.7. The number of anilines is 2. The summed E-state index contributed by atoms with van der Waals surface area (Å²) in [7, 11) is 0. The summed E-state index contributed by atoms with van der Waals surface area (Å²) >= 11 is 5.30. The summed E-state index contributed by atoms with van der Waals surface area (Å²) in [6.07, 6.45) is 7.85. The Morgan fingerprint density at radius 3 is 2.42 bits per heavy atom. The summed E-state index contributed by atoms with van der Waals surface area (Å²) in [6, 6.07) is 12.6. The van der Waals surface area contributed by atoms with E-state index in [1.807, 2.05) is 25.1 Å². The van der Waals surface area contributed by atoms with Crippen LogP contribution in [-0.4, -0.2) is 23.5 Å². The SMILES string of the molecule is CCCCCCCOc1ccc(C(=O)NC(=S)Nc2ccc(C)c(NC(=O)C3CC3)c2)cc1. The van der Waals surface area contributed by atoms with Gasteiger partial charge < -0.3 is 15.4 Å². The first kappa shape index (κ1) is 24.7. The van der Waals surface area contributed by atoms with E-state index in [9.17, 15) is 9.59 Å². The molecule has 7 heteroatoms. The van der Waals surface area contributed by atoms with Gasteiger partial charge in [-0.05, 0) is 80.4 Å². The minimum atomic E-state index is -0.298. The molecule has 0 aromatic heterocycles. The van der Waals surface area contributed by atoms with Crippen molar-refractivity contribution in [2.75, 3.05) is 17.2 Å². The maximum absolute atomic E-state index is 12.5. The molecule has 0 atom stereocenters. The Labute approximate surface area is 201 Å². The molecule has 2 amide bonds. The number of aryl methyl sites for hydroxylation is 1. The van der Waals surface area contributed by atoms with Gasteiger partial charge in [-0.25, -0.2) is 0 Å². The predicted molar refractivity (Wildman–Crippen MR) is 137 cm³/mol. The maximum atomic E-state index is 12.5. The van der Waals surface area contributed by atoms with Crippen LogP contribution in [0.15, 0.2) is 42.5 Å². The van der Waals surface area contributed by atoms with Gasteiger partial charge in [0.2, 0.25) is 5.91 Å². The highest BCUT2D eigenvalue weighted by molar-refractivity contribution is 7.80. The van der Waals surface area contributed by atoms with Crippen molar-refractivity contribution >= 4 is 40.5 Å². The number of amides is 2. The fourth-order valence-corrected chi connectivity index (χ4v) is 3.56. The van der Waals surface area contributed by atoms with E-state index < -0.39 is 0 Å². The van der Waals surface area contributed by atoms with Gasteiger partial charge >= 0.3 is 0 Å². The van der Waals surface area contributed by atoms with Crippen LogP contribution < -0.4 is 20.7 Å². The highest BCUT2D eigenvalue weighted by Crippen LogP contribution is 2.31. The molecule has 0 spiro atoms. The standard InChI is InChI=1S/C26H33N3O3S/c1-3-4-5-6-7-16-32-22-14-11-20(12-15-22)25(31)29-26(33)27-21-13-8-18(2)23(17-21)28-24(30)19-9-10-19/h8,11-15,17,19H,3-7,9-10,16H2,1-2H3,(H,28,30)(H2,27,29,31,33). The average molecular weight is 468 g/mol. The average Bonchev–Trinajstić information content (AvgIpc) is 3.64. The summed E-state index contributed by atoms with van der Waals surface area (Å²) in [5.74, 6) is 0.634. The number of unbranched alkanes of at least 4 members (excludes halogenated alkanes) is 4. The molecule has 0 radical (unpaired) electrons. The Balaban J connectivity index is 1.46. The van der Waals surface area contributed by atoms with E-state index in [2.05, 4.69) is 22.9 Å². The van der Waals surface area contributed by atoms with E-state index in [1.165, 1.54) is 25.7 Å². The zero-order valence-corrected chi connectivity index (χ0v) is 20.2. The Kier molecular flexibility index (Phi) is 9.24. The molecular formula is C26H33N3O3S. The molecule has 1 aliphatic rings. The molecule has 0 heterocycles. The number of hydrogen-bond acceptors (Lipinski definition) is 4. The molecule has 3 N–H and O–H groups in total. The molecule has 2 aromatic rings. The summed E-state index contributed by atoms with van der Waals surface area (Å²) in [5, 5.41) is 8.86. The lowest BCUT2D eigenvalue weighted by molar-refractivity contribution is -0.117. The monoisotopic (exact) mass is 467 g/mol. The third kappa shape index (κ3) is 8.17. The first-order chi connectivity index (χ1) is 16.0. The number of carbonyl (C=O) groups excluding carboxylic acids is 2. The molecule has 0 unspecified atom stereocenters. The number of hydrogen-bond donors (Lipinski definition) is 3. The molecule has 0 bridgehead atoms. The van der Waals surface area contributed by atoms with Crippen LogP contribution in [0.5, 0.6) is 5.75 Å². The largest absolute Gasteiger partial charge is 0.494 e. The van der Waals surface area contributed by atoms with Gasteiger partial charge in [0.05, 0.1) is 6.61 Å². The van der Waals surface area contributed by atoms with E-state index in [-0.39, 0.29) is 22.8 Å². The third-order valence-electron chi connectivity index (χ3n) is 5.56. The minimum absolute atomic E-state index is 0.0510. The lowest BCUT2D eigenvalue weighted by Gasteiger charge is -2.13. The number of rotatable bonds is 11. The van der Waals surface area contributed by atoms with E-state index >= 15 is 0 Å². The van der Waals surface area contributed by atoms with Gasteiger partial charge in [-0.2, -0.15) is 0 Å². The zero-order chi connectivity index (χ0) is 23.6. The first-order valence-corrected chi connectivity index (χ1v) is 12.1. The molecule has 33 heavy (non-hydrogen) atoms. The van der Waals surface area contributed by atoms with Crippen molar-refractivity contribution in [2.24, 2.45) is 5.92 Å². The highest BCUT2D eigenvalue weighted by Gasteiger charge is 2.29. The quantitative estimate of drug-likeness (QED) is 0.287. The first-order valence-electron chi connectivity index (χ1n) is 11.7. The van der Waals surface area contributed by atoms with Gasteiger partial charge in [0.25, 0.3) is 5.91 Å². The molecule has 1 aliphatic carbocycles. The van der Waals surface area contributed by atoms with Crippen molar-refractivity contribution in [1.29, 1.82) is 0 Å². The van der Waals surface area contributed by atoms with Gasteiger partial charge in [0.15, 0.2) is 5.11 Å². The fourth-order valence-electron chi connectivity index (χ4n) is 3.35. The Morgan fingerprint density at radius 2 is 1.73 bits per heavy atom. The number of thiocarbonyl (C=S) groups is 1. The summed E-state index contributed by atoms with van der Waals surface area (Å²) < 4.78 is 5.75. The van der Waals surface area contributed by atoms with Crippen LogP contribution in [-0.2, 0) is 4.79 Å². The van der Waals surface area contributed by atoms with Crippen molar-refractivity contribution in [3.63, 3.8) is 0 Å². The number of benzene rings is 2. The predicted octanol–water partition coefficient (Wildman–Crippen LogP) is 5.82. The van der Waals surface area contributed by atoms with E-state index in [0.717, 1.165) is 36.3 Å². The lowest BCUT2D eigenvalue weighted by atomic mass is 10.1. The molecule has 0 saturated heterocycles. The maximum Gasteiger partial charge on any atom is 0.257 e. The molecule has 1 fully saturated rings. The number of nitrogens with one attached hydrogen (secondary N) is 3. The van der Waals surface area contributed by atoms with Crippen molar-refractivity contribution in [3.05, 3.63) is 53.6 Å². The Morgan fingerprint density at radius 1 is 1.00 bits per heavy atom. The summed E-state index contributed by atoms with van der Waals surface area (Å²) in [4.78, 5) is 24.6. The second-order valence-corrected chi connectivity index (χ2v) is 8.90. The highest BCUT2D eigenvalue weighted by atomic mass is 32.1. The molecule has 6 nitrogen and oxygen atoms in total. The van der Waals surface area contributed by atoms with Gasteiger partial charge in [-0.15, -0.1) is 0 Å². The minimum Gasteiger partial charge on any atom is -0.494 e. The van der Waals surface area contributed by atoms with Crippen LogP contribution in [0, 0.1) is 12.8 Å². The van der Waals surface area contributed by atoms with Crippen LogP contribution in [0.25, 0.3) is 0 Å². The van der Waals surface area contributed by atoms with Gasteiger partial charge in [0, 0.05) is 22.9 Å². The smallest absolute Gasteiger partial charge is 0.257 e. The molecule has 3 rings (SSSR count). The number of ether oxygens (including phenoxy) is 1. The molecule has 0 aliphatic heterocycles. The fraction of sp³-hybridized carbons (Fsp3) is 0.423. The molecule has 2 aromatic carbocycles. The lowest BCUT2D eigenvalue weighted by Crippen LogP contribution is -2.34. The third-order valence-corrected chi connectivity index (χ3v) is 5.77. The second kappa shape index (κ2) is 12.3. The van der Waals surface area contributed by atoms with Crippen LogP contribution in [0.1, 0.15) is 67.8 Å². The van der Waals surface area contributed by atoms with Crippen molar-refractivity contribution in [1.82, 2.24) is 5.32 Å². The van der Waals surface area contributed by atoms with Gasteiger partial charge in [0.1, 0.15) is 5.75 Å². The van der Waals surface area contributed by atoms with Crippen LogP contribution in [0.3, 0.4) is 0 Å². The molecule has 176 valence electrons. The van der Waals surface area contributed by atoms with Crippen molar-refractivity contribution < 1.29 is 14.3 Å². The van der Waals surface area contributed by atoms with Gasteiger partial charge in [-0.3, -0.25) is 14.9 Å². The van der Waals surface area contributed by atoms with E-state index in [4.69, 9.17) is 17.0 Å². The summed E-state index contributed by atoms with van der Waals surface area (Å²) in [5.41, 5.74) is 2.90. The van der Waals surface area contributed by atoms with Gasteiger partial charge in [-0.1, -0.05) is 38.7 Å². The topological polar surface area (TPSA) is 79.5 Å². The Hall–Kier alpha value is -2.93.